The second-order valence-corrected chi connectivity index (χ2v) is 7.53. The van der Waals surface area contributed by atoms with E-state index in [0.717, 1.165) is 17.7 Å². The van der Waals surface area contributed by atoms with Gasteiger partial charge < -0.3 is 4.57 Å². The number of hydrogen-bond acceptors (Lipinski definition) is 2. The fraction of sp³-hybridized carbons (Fsp3) is 0.182. The Morgan fingerprint density at radius 1 is 1.07 bits per heavy atom. The molecule has 0 amide bonds. The van der Waals surface area contributed by atoms with Gasteiger partial charge in [0.1, 0.15) is 0 Å². The standard InChI is InChI=1S/C22H17ClF3N3O/c1-13-10-20(30)28-12-19(15-6-8-18(23)9-7-15)27-21(28)29(13)14(2)16-4-3-5-17(11-16)22(24,25)26/h3-12,14H,1-2H3. The van der Waals surface area contributed by atoms with Gasteiger partial charge in [0.15, 0.2) is 0 Å². The molecule has 0 aliphatic rings. The second-order valence-electron chi connectivity index (χ2n) is 7.10. The average molecular weight is 432 g/mol. The summed E-state index contributed by atoms with van der Waals surface area (Å²) in [6.07, 6.45) is -2.81. The van der Waals surface area contributed by atoms with Gasteiger partial charge in [-0.1, -0.05) is 35.9 Å². The highest BCUT2D eigenvalue weighted by Crippen LogP contribution is 2.32. The third-order valence-electron chi connectivity index (χ3n) is 5.08. The number of fused-ring (bicyclic) bond motifs is 1. The Bertz CT molecular complexity index is 1290. The predicted octanol–water partition coefficient (Wildman–Crippen LogP) is 5.75. The molecule has 0 N–H and O–H groups in total. The first kappa shape index (κ1) is 20.2. The molecule has 0 aliphatic carbocycles. The van der Waals surface area contributed by atoms with Crippen LogP contribution < -0.4 is 5.56 Å². The van der Waals surface area contributed by atoms with Gasteiger partial charge in [-0.05, 0) is 43.7 Å². The lowest BCUT2D eigenvalue weighted by molar-refractivity contribution is -0.137. The van der Waals surface area contributed by atoms with Gasteiger partial charge in [-0.25, -0.2) is 4.98 Å². The molecule has 0 radical (unpaired) electrons. The first-order valence-corrected chi connectivity index (χ1v) is 9.57. The van der Waals surface area contributed by atoms with Crippen molar-refractivity contribution >= 4 is 17.4 Å². The molecule has 0 fully saturated rings. The Hall–Kier alpha value is -3.06. The molecule has 0 bridgehead atoms. The minimum absolute atomic E-state index is 0.261. The molecule has 154 valence electrons. The van der Waals surface area contributed by atoms with Gasteiger partial charge in [0, 0.05) is 28.5 Å². The van der Waals surface area contributed by atoms with Crippen molar-refractivity contribution in [1.29, 1.82) is 0 Å². The summed E-state index contributed by atoms with van der Waals surface area (Å²) in [6, 6.07) is 13.2. The zero-order valence-electron chi connectivity index (χ0n) is 16.1. The first-order valence-electron chi connectivity index (χ1n) is 9.19. The lowest BCUT2D eigenvalue weighted by Crippen LogP contribution is -2.21. The van der Waals surface area contributed by atoms with Crippen molar-refractivity contribution in [2.75, 3.05) is 0 Å². The van der Waals surface area contributed by atoms with E-state index >= 15 is 0 Å². The van der Waals surface area contributed by atoms with Crippen molar-refractivity contribution in [3.8, 4) is 11.3 Å². The van der Waals surface area contributed by atoms with Gasteiger partial charge in [-0.2, -0.15) is 13.2 Å². The summed E-state index contributed by atoms with van der Waals surface area (Å²) in [5, 5.41) is 0.580. The van der Waals surface area contributed by atoms with Crippen molar-refractivity contribution in [1.82, 2.24) is 14.0 Å². The highest BCUT2D eigenvalue weighted by molar-refractivity contribution is 6.30. The zero-order valence-corrected chi connectivity index (χ0v) is 16.9. The van der Waals surface area contributed by atoms with E-state index in [4.69, 9.17) is 11.6 Å². The lowest BCUT2D eigenvalue weighted by Gasteiger charge is -2.21. The van der Waals surface area contributed by atoms with E-state index in [1.807, 2.05) is 0 Å². The number of alkyl halides is 3. The van der Waals surface area contributed by atoms with Crippen LogP contribution in [0.5, 0.6) is 0 Å². The molecular formula is C22H17ClF3N3O. The molecule has 4 nitrogen and oxygen atoms in total. The summed E-state index contributed by atoms with van der Waals surface area (Å²) in [4.78, 5) is 17.1. The molecule has 30 heavy (non-hydrogen) atoms. The molecule has 0 spiro atoms. The summed E-state index contributed by atoms with van der Waals surface area (Å²) in [5.74, 6) is 0.356. The molecule has 2 aromatic carbocycles. The predicted molar refractivity (Wildman–Crippen MR) is 110 cm³/mol. The number of aromatic nitrogens is 3. The van der Waals surface area contributed by atoms with Gasteiger partial charge >= 0.3 is 6.18 Å². The van der Waals surface area contributed by atoms with E-state index in [1.54, 1.807) is 54.9 Å². The summed E-state index contributed by atoms with van der Waals surface area (Å²) in [5.41, 5.74) is 1.44. The minimum atomic E-state index is -4.43. The number of halogens is 4. The van der Waals surface area contributed by atoms with Crippen molar-refractivity contribution < 1.29 is 13.2 Å². The van der Waals surface area contributed by atoms with Crippen LogP contribution in [-0.4, -0.2) is 14.0 Å². The van der Waals surface area contributed by atoms with E-state index in [0.29, 0.717) is 27.8 Å². The van der Waals surface area contributed by atoms with E-state index < -0.39 is 17.8 Å². The van der Waals surface area contributed by atoms with Gasteiger partial charge in [0.25, 0.3) is 5.56 Å². The minimum Gasteiger partial charge on any atom is -0.308 e. The van der Waals surface area contributed by atoms with Crippen molar-refractivity contribution in [2.24, 2.45) is 0 Å². The van der Waals surface area contributed by atoms with Crippen LogP contribution in [0.1, 0.15) is 29.8 Å². The Morgan fingerprint density at radius 2 is 1.77 bits per heavy atom. The Kier molecular flexibility index (Phi) is 4.94. The van der Waals surface area contributed by atoms with E-state index in [1.165, 1.54) is 16.5 Å². The maximum atomic E-state index is 13.2. The van der Waals surface area contributed by atoms with Gasteiger partial charge in [-0.3, -0.25) is 9.20 Å². The highest BCUT2D eigenvalue weighted by atomic mass is 35.5. The topological polar surface area (TPSA) is 39.3 Å². The van der Waals surface area contributed by atoms with Gasteiger partial charge in [0.05, 0.1) is 17.3 Å². The molecule has 4 aromatic rings. The molecule has 0 aliphatic heterocycles. The van der Waals surface area contributed by atoms with Crippen LogP contribution in [0.3, 0.4) is 0 Å². The van der Waals surface area contributed by atoms with E-state index in [9.17, 15) is 18.0 Å². The zero-order chi connectivity index (χ0) is 21.6. The smallest absolute Gasteiger partial charge is 0.308 e. The fourth-order valence-electron chi connectivity index (χ4n) is 3.54. The van der Waals surface area contributed by atoms with Crippen LogP contribution in [-0.2, 0) is 6.18 Å². The molecule has 8 heteroatoms. The van der Waals surface area contributed by atoms with Crippen LogP contribution in [0.4, 0.5) is 13.2 Å². The SMILES string of the molecule is Cc1cc(=O)n2cc(-c3ccc(Cl)cc3)nc2n1C(C)c1cccc(C(F)(F)F)c1. The molecule has 2 heterocycles. The average Bonchev–Trinajstić information content (AvgIpc) is 3.13. The van der Waals surface area contributed by atoms with E-state index in [-0.39, 0.29) is 5.56 Å². The molecule has 0 saturated heterocycles. The second kappa shape index (κ2) is 7.32. The molecule has 2 aromatic heterocycles. The quantitative estimate of drug-likeness (QED) is 0.414. The molecular weight excluding hydrogens is 415 g/mol. The highest BCUT2D eigenvalue weighted by Gasteiger charge is 2.31. The number of hydrogen-bond donors (Lipinski definition) is 0. The number of rotatable bonds is 3. The molecule has 1 unspecified atom stereocenters. The maximum absolute atomic E-state index is 13.2. The molecule has 1 atom stereocenters. The number of imidazole rings is 1. The maximum Gasteiger partial charge on any atom is 0.416 e. The third-order valence-corrected chi connectivity index (χ3v) is 5.33. The van der Waals surface area contributed by atoms with Crippen molar-refractivity contribution in [3.63, 3.8) is 0 Å². The monoisotopic (exact) mass is 431 g/mol. The summed E-state index contributed by atoms with van der Waals surface area (Å²) in [7, 11) is 0. The van der Waals surface area contributed by atoms with Crippen LogP contribution in [0.2, 0.25) is 5.02 Å². The molecule has 4 rings (SSSR count). The summed E-state index contributed by atoms with van der Waals surface area (Å²) in [6.45, 7) is 3.52. The number of aryl methyl sites for hydroxylation is 1. The van der Waals surface area contributed by atoms with Crippen molar-refractivity contribution in [3.05, 3.63) is 93.0 Å². The van der Waals surface area contributed by atoms with Crippen LogP contribution >= 0.6 is 11.6 Å². The van der Waals surface area contributed by atoms with E-state index in [2.05, 4.69) is 4.98 Å². The third kappa shape index (κ3) is 3.61. The van der Waals surface area contributed by atoms with Crippen LogP contribution in [0, 0.1) is 6.92 Å². The largest absolute Gasteiger partial charge is 0.416 e. The first-order chi connectivity index (χ1) is 14.1. The number of benzene rings is 2. The fourth-order valence-corrected chi connectivity index (χ4v) is 3.67. The number of nitrogens with zero attached hydrogens (tertiary/aromatic N) is 3. The Balaban J connectivity index is 1.88. The summed E-state index contributed by atoms with van der Waals surface area (Å²) < 4.78 is 42.7. The van der Waals surface area contributed by atoms with Gasteiger partial charge in [-0.15, -0.1) is 0 Å². The van der Waals surface area contributed by atoms with Crippen molar-refractivity contribution in [2.45, 2.75) is 26.1 Å². The summed E-state index contributed by atoms with van der Waals surface area (Å²) >= 11 is 5.94. The van der Waals surface area contributed by atoms with Crippen LogP contribution in [0.15, 0.2) is 65.6 Å². The van der Waals surface area contributed by atoms with Crippen LogP contribution in [0.25, 0.3) is 17.0 Å². The molecule has 0 saturated carbocycles. The Morgan fingerprint density at radius 3 is 2.43 bits per heavy atom. The normalized spacial score (nSPS) is 13.0. The Labute approximate surface area is 175 Å². The lowest BCUT2D eigenvalue weighted by atomic mass is 10.0. The van der Waals surface area contributed by atoms with Gasteiger partial charge in [0.2, 0.25) is 5.78 Å².